The highest BCUT2D eigenvalue weighted by atomic mass is 79.9. The average molecular weight is 346 g/mol. The summed E-state index contributed by atoms with van der Waals surface area (Å²) in [6.07, 6.45) is 1.70. The molecule has 0 aliphatic carbocycles. The molecule has 2 amide bonds. The van der Waals surface area contributed by atoms with E-state index in [0.717, 1.165) is 30.4 Å². The molecule has 0 aromatic carbocycles. The van der Waals surface area contributed by atoms with Crippen LogP contribution in [-0.4, -0.2) is 42.4 Å². The number of amides is 2. The van der Waals surface area contributed by atoms with Gasteiger partial charge >= 0.3 is 0 Å². The summed E-state index contributed by atoms with van der Waals surface area (Å²) in [4.78, 5) is 26.0. The van der Waals surface area contributed by atoms with Gasteiger partial charge in [0.1, 0.15) is 4.88 Å². The molecule has 0 spiro atoms. The van der Waals surface area contributed by atoms with Crippen molar-refractivity contribution in [1.29, 1.82) is 0 Å². The SMILES string of the molecule is NC(=O)CN(C(=O)c1sccc1Br)C1CCNCC1. The normalized spacial score (nSPS) is 16.3. The van der Waals surface area contributed by atoms with E-state index in [1.165, 1.54) is 11.3 Å². The van der Waals surface area contributed by atoms with Crippen molar-refractivity contribution in [3.8, 4) is 0 Å². The number of halogens is 1. The van der Waals surface area contributed by atoms with Gasteiger partial charge in [-0.05, 0) is 53.3 Å². The van der Waals surface area contributed by atoms with Gasteiger partial charge in [0.2, 0.25) is 5.91 Å². The third-order valence-electron chi connectivity index (χ3n) is 3.15. The molecule has 0 radical (unpaired) electrons. The second-order valence-corrected chi connectivity index (χ2v) is 6.25. The molecule has 19 heavy (non-hydrogen) atoms. The standard InChI is InChI=1S/C12H16BrN3O2S/c13-9-3-6-19-11(9)12(18)16(7-10(14)17)8-1-4-15-5-2-8/h3,6,8,15H,1-2,4-5,7H2,(H2,14,17). The fourth-order valence-corrected chi connectivity index (χ4v) is 3.73. The lowest BCUT2D eigenvalue weighted by atomic mass is 10.0. The van der Waals surface area contributed by atoms with Crippen LogP contribution in [0.4, 0.5) is 0 Å². The van der Waals surface area contributed by atoms with Gasteiger partial charge in [-0.2, -0.15) is 0 Å². The van der Waals surface area contributed by atoms with E-state index in [4.69, 9.17) is 5.73 Å². The molecule has 1 fully saturated rings. The molecule has 0 unspecified atom stereocenters. The summed E-state index contributed by atoms with van der Waals surface area (Å²) >= 11 is 4.73. The molecule has 0 bridgehead atoms. The van der Waals surface area contributed by atoms with Gasteiger partial charge in [-0.1, -0.05) is 0 Å². The summed E-state index contributed by atoms with van der Waals surface area (Å²) < 4.78 is 0.769. The van der Waals surface area contributed by atoms with Gasteiger partial charge in [0.25, 0.3) is 5.91 Å². The molecule has 5 nitrogen and oxygen atoms in total. The van der Waals surface area contributed by atoms with Crippen LogP contribution in [-0.2, 0) is 4.79 Å². The summed E-state index contributed by atoms with van der Waals surface area (Å²) in [5, 5.41) is 5.10. The molecule has 1 aromatic rings. The topological polar surface area (TPSA) is 75.4 Å². The number of piperidine rings is 1. The fourth-order valence-electron chi connectivity index (χ4n) is 2.23. The van der Waals surface area contributed by atoms with Crippen molar-refractivity contribution < 1.29 is 9.59 Å². The first-order chi connectivity index (χ1) is 9.09. The Morgan fingerprint density at radius 2 is 2.16 bits per heavy atom. The summed E-state index contributed by atoms with van der Waals surface area (Å²) in [5.41, 5.74) is 5.27. The van der Waals surface area contributed by atoms with E-state index in [1.807, 2.05) is 11.4 Å². The van der Waals surface area contributed by atoms with Crippen LogP contribution < -0.4 is 11.1 Å². The van der Waals surface area contributed by atoms with E-state index in [2.05, 4.69) is 21.2 Å². The number of nitrogens with one attached hydrogen (secondary N) is 1. The first-order valence-corrected chi connectivity index (χ1v) is 7.80. The van der Waals surface area contributed by atoms with Gasteiger partial charge in [0, 0.05) is 10.5 Å². The number of rotatable bonds is 4. The fraction of sp³-hybridized carbons (Fsp3) is 0.500. The minimum atomic E-state index is -0.473. The number of carbonyl (C=O) groups is 2. The maximum absolute atomic E-state index is 12.5. The molecule has 104 valence electrons. The molecule has 1 aliphatic rings. The zero-order valence-corrected chi connectivity index (χ0v) is 12.8. The second-order valence-electron chi connectivity index (χ2n) is 4.48. The molecule has 0 atom stereocenters. The van der Waals surface area contributed by atoms with Crippen molar-refractivity contribution in [1.82, 2.24) is 10.2 Å². The van der Waals surface area contributed by atoms with Crippen molar-refractivity contribution in [2.75, 3.05) is 19.6 Å². The second kappa shape index (κ2) is 6.49. The van der Waals surface area contributed by atoms with Crippen LogP contribution >= 0.6 is 27.3 Å². The minimum Gasteiger partial charge on any atom is -0.368 e. The molecule has 2 heterocycles. The molecular formula is C12H16BrN3O2S. The Morgan fingerprint density at radius 1 is 1.47 bits per heavy atom. The minimum absolute atomic E-state index is 0.0200. The van der Waals surface area contributed by atoms with Crippen LogP contribution in [0.2, 0.25) is 0 Å². The number of hydrogen-bond donors (Lipinski definition) is 2. The molecule has 1 saturated heterocycles. The van der Waals surface area contributed by atoms with Crippen LogP contribution in [0.15, 0.2) is 15.9 Å². The van der Waals surface area contributed by atoms with Gasteiger partial charge in [0.05, 0.1) is 6.54 Å². The van der Waals surface area contributed by atoms with Crippen molar-refractivity contribution in [3.05, 3.63) is 20.8 Å². The average Bonchev–Trinajstić information content (AvgIpc) is 2.82. The van der Waals surface area contributed by atoms with Gasteiger partial charge in [0.15, 0.2) is 0 Å². The lowest BCUT2D eigenvalue weighted by Crippen LogP contribution is -2.49. The summed E-state index contributed by atoms with van der Waals surface area (Å²) in [6.45, 7) is 1.70. The van der Waals surface area contributed by atoms with Crippen LogP contribution in [0.5, 0.6) is 0 Å². The smallest absolute Gasteiger partial charge is 0.265 e. The molecule has 1 aliphatic heterocycles. The Kier molecular flexibility index (Phi) is 4.95. The molecule has 2 rings (SSSR count). The largest absolute Gasteiger partial charge is 0.368 e. The van der Waals surface area contributed by atoms with Crippen molar-refractivity contribution in [3.63, 3.8) is 0 Å². The number of carbonyl (C=O) groups excluding carboxylic acids is 2. The summed E-state index contributed by atoms with van der Waals surface area (Å²) in [7, 11) is 0. The Balaban J connectivity index is 2.19. The maximum Gasteiger partial charge on any atom is 0.265 e. The van der Waals surface area contributed by atoms with Gasteiger partial charge in [-0.25, -0.2) is 0 Å². The van der Waals surface area contributed by atoms with Gasteiger partial charge in [-0.15, -0.1) is 11.3 Å². The van der Waals surface area contributed by atoms with E-state index >= 15 is 0 Å². The summed E-state index contributed by atoms with van der Waals surface area (Å²) in [6, 6.07) is 1.92. The predicted octanol–water partition coefficient (Wildman–Crippen LogP) is 1.19. The predicted molar refractivity (Wildman–Crippen MR) is 78.1 cm³/mol. The number of nitrogens with zero attached hydrogens (tertiary/aromatic N) is 1. The van der Waals surface area contributed by atoms with Crippen molar-refractivity contribution >= 4 is 39.1 Å². The van der Waals surface area contributed by atoms with Crippen LogP contribution in [0.3, 0.4) is 0 Å². The van der Waals surface area contributed by atoms with Gasteiger partial charge < -0.3 is 16.0 Å². The molecule has 7 heteroatoms. The van der Waals surface area contributed by atoms with E-state index in [-0.39, 0.29) is 18.5 Å². The first kappa shape index (κ1) is 14.5. The number of hydrogen-bond acceptors (Lipinski definition) is 4. The Labute approximate surface area is 124 Å². The lowest BCUT2D eigenvalue weighted by Gasteiger charge is -2.33. The lowest BCUT2D eigenvalue weighted by molar-refractivity contribution is -0.119. The highest BCUT2D eigenvalue weighted by molar-refractivity contribution is 9.10. The quantitative estimate of drug-likeness (QED) is 0.860. The van der Waals surface area contributed by atoms with Gasteiger partial charge in [-0.3, -0.25) is 9.59 Å². The Hall–Kier alpha value is -0.920. The van der Waals surface area contributed by atoms with Crippen molar-refractivity contribution in [2.24, 2.45) is 5.73 Å². The summed E-state index contributed by atoms with van der Waals surface area (Å²) in [5.74, 6) is -0.591. The van der Waals surface area contributed by atoms with E-state index in [0.29, 0.717) is 4.88 Å². The third-order valence-corrected chi connectivity index (χ3v) is 4.97. The van der Waals surface area contributed by atoms with Crippen LogP contribution in [0.25, 0.3) is 0 Å². The van der Waals surface area contributed by atoms with E-state index in [9.17, 15) is 9.59 Å². The number of primary amides is 1. The monoisotopic (exact) mass is 345 g/mol. The number of nitrogens with two attached hydrogens (primary N) is 1. The first-order valence-electron chi connectivity index (χ1n) is 6.12. The van der Waals surface area contributed by atoms with Crippen LogP contribution in [0.1, 0.15) is 22.5 Å². The Morgan fingerprint density at radius 3 is 2.68 bits per heavy atom. The highest BCUT2D eigenvalue weighted by Gasteiger charge is 2.28. The van der Waals surface area contributed by atoms with E-state index in [1.54, 1.807) is 4.90 Å². The van der Waals surface area contributed by atoms with E-state index < -0.39 is 5.91 Å². The third kappa shape index (κ3) is 3.55. The molecule has 1 aromatic heterocycles. The number of thiophene rings is 1. The molecule has 0 saturated carbocycles. The van der Waals surface area contributed by atoms with Crippen LogP contribution in [0, 0.1) is 0 Å². The van der Waals surface area contributed by atoms with Crippen molar-refractivity contribution in [2.45, 2.75) is 18.9 Å². The zero-order valence-electron chi connectivity index (χ0n) is 10.4. The molecule has 3 N–H and O–H groups in total. The molecular weight excluding hydrogens is 330 g/mol. The zero-order chi connectivity index (χ0) is 13.8. The maximum atomic E-state index is 12.5. The highest BCUT2D eigenvalue weighted by Crippen LogP contribution is 2.26. The Bertz CT molecular complexity index is 471.